The van der Waals surface area contributed by atoms with Crippen molar-refractivity contribution in [3.63, 3.8) is 0 Å². The molecule has 4 aromatic rings. The van der Waals surface area contributed by atoms with E-state index in [9.17, 15) is 22.8 Å². The molecule has 4 heterocycles. The van der Waals surface area contributed by atoms with Crippen LogP contribution in [0.5, 0.6) is 5.88 Å². The van der Waals surface area contributed by atoms with Crippen molar-refractivity contribution in [1.82, 2.24) is 25.5 Å². The molecule has 49 heavy (non-hydrogen) atoms. The van der Waals surface area contributed by atoms with Crippen LogP contribution in [0.25, 0.3) is 11.1 Å². The summed E-state index contributed by atoms with van der Waals surface area (Å²) in [5, 5.41) is 6.30. The Morgan fingerprint density at radius 2 is 1.47 bits per heavy atom. The molecule has 2 fully saturated rings. The van der Waals surface area contributed by atoms with Gasteiger partial charge in [-0.25, -0.2) is 9.97 Å². The number of aromatic nitrogens is 2. The second-order valence-electron chi connectivity index (χ2n) is 12.6. The molecule has 2 aliphatic heterocycles. The molecular formula is C37H39F3N6O3. The van der Waals surface area contributed by atoms with E-state index in [1.54, 1.807) is 12.1 Å². The molecule has 0 bridgehead atoms. The third kappa shape index (κ3) is 9.14. The van der Waals surface area contributed by atoms with Gasteiger partial charge in [-0.15, -0.1) is 13.2 Å². The van der Waals surface area contributed by atoms with Gasteiger partial charge < -0.3 is 20.3 Å². The second kappa shape index (κ2) is 15.1. The van der Waals surface area contributed by atoms with E-state index >= 15 is 0 Å². The summed E-state index contributed by atoms with van der Waals surface area (Å²) in [7, 11) is 0. The Kier molecular flexibility index (Phi) is 10.4. The lowest BCUT2D eigenvalue weighted by molar-refractivity contribution is -0.276. The third-order valence-electron chi connectivity index (χ3n) is 9.10. The normalized spacial score (nSPS) is 16.3. The first-order chi connectivity index (χ1) is 23.6. The zero-order valence-corrected chi connectivity index (χ0v) is 27.2. The fraction of sp³-hybridized carbons (Fsp3) is 0.351. The number of carbonyl (C=O) groups is 2. The molecule has 0 unspecified atom stereocenters. The zero-order valence-electron chi connectivity index (χ0n) is 27.2. The number of pyridine rings is 2. The molecule has 256 valence electrons. The monoisotopic (exact) mass is 672 g/mol. The number of rotatable bonds is 9. The highest BCUT2D eigenvalue weighted by Gasteiger charge is 2.31. The molecule has 6 rings (SSSR count). The van der Waals surface area contributed by atoms with Crippen molar-refractivity contribution in [2.24, 2.45) is 0 Å². The van der Waals surface area contributed by atoms with E-state index in [1.165, 1.54) is 12.3 Å². The van der Waals surface area contributed by atoms with Crippen molar-refractivity contribution in [3.05, 3.63) is 107 Å². The van der Waals surface area contributed by atoms with Gasteiger partial charge in [0.15, 0.2) is 0 Å². The van der Waals surface area contributed by atoms with Crippen LogP contribution in [-0.4, -0.2) is 71.3 Å². The number of hydrogen-bond acceptors (Lipinski definition) is 7. The number of nitrogens with zero attached hydrogens (tertiary/aromatic N) is 4. The molecule has 9 nitrogen and oxygen atoms in total. The molecule has 2 N–H and O–H groups in total. The molecule has 0 atom stereocenters. The van der Waals surface area contributed by atoms with E-state index < -0.39 is 12.2 Å². The van der Waals surface area contributed by atoms with Crippen LogP contribution in [-0.2, 0) is 6.54 Å². The topological polar surface area (TPSA) is 99.7 Å². The number of likely N-dealkylation sites (tertiary alicyclic amines) is 1. The van der Waals surface area contributed by atoms with Crippen LogP contribution in [0.4, 0.5) is 19.0 Å². The molecule has 2 aromatic heterocycles. The first kappa shape index (κ1) is 33.9. The Morgan fingerprint density at radius 3 is 2.08 bits per heavy atom. The average molecular weight is 673 g/mol. The standard InChI is InChI=1S/C37H39F3N6O3/c1-25-7-9-28(21-32(25)29-10-12-34(42-23-29)49-37(38,39)40)36(48)44-30-13-17-45(18-14-30)24-26-8-11-33(41-22-26)46-19-15-31(16-20-46)43-35(47)27-5-3-2-4-6-27/h2-12,21-23,30-31H,13-20,24H2,1H3,(H,43,47)(H,44,48). The van der Waals surface area contributed by atoms with Gasteiger partial charge >= 0.3 is 6.36 Å². The molecular weight excluding hydrogens is 633 g/mol. The van der Waals surface area contributed by atoms with E-state index in [0.717, 1.165) is 81.4 Å². The maximum atomic E-state index is 13.2. The summed E-state index contributed by atoms with van der Waals surface area (Å²) < 4.78 is 41.4. The van der Waals surface area contributed by atoms with Gasteiger partial charge in [0.2, 0.25) is 5.88 Å². The Hall–Kier alpha value is -4.97. The highest BCUT2D eigenvalue weighted by atomic mass is 19.4. The summed E-state index contributed by atoms with van der Waals surface area (Å²) in [4.78, 5) is 38.8. The number of anilines is 1. The predicted molar refractivity (Wildman–Crippen MR) is 180 cm³/mol. The highest BCUT2D eigenvalue weighted by molar-refractivity contribution is 5.96. The molecule has 0 aliphatic carbocycles. The molecule has 2 saturated heterocycles. The smallest absolute Gasteiger partial charge is 0.388 e. The van der Waals surface area contributed by atoms with Gasteiger partial charge in [-0.1, -0.05) is 30.3 Å². The van der Waals surface area contributed by atoms with Gasteiger partial charge in [0.05, 0.1) is 0 Å². The minimum absolute atomic E-state index is 0.0282. The Morgan fingerprint density at radius 1 is 0.796 bits per heavy atom. The lowest BCUT2D eigenvalue weighted by atomic mass is 9.98. The number of carbonyl (C=O) groups excluding carboxylic acids is 2. The number of amides is 2. The quantitative estimate of drug-likeness (QED) is 0.220. The lowest BCUT2D eigenvalue weighted by Gasteiger charge is -2.34. The van der Waals surface area contributed by atoms with Crippen LogP contribution in [0.15, 0.2) is 85.2 Å². The number of alkyl halides is 3. The summed E-state index contributed by atoms with van der Waals surface area (Å²) in [6.45, 7) is 6.00. The fourth-order valence-electron chi connectivity index (χ4n) is 6.36. The summed E-state index contributed by atoms with van der Waals surface area (Å²) in [6, 6.07) is 21.6. The van der Waals surface area contributed by atoms with Gasteiger partial charge in [0.1, 0.15) is 5.82 Å². The molecule has 0 spiro atoms. The number of halogens is 3. The molecule has 2 aliphatic rings. The molecule has 0 saturated carbocycles. The van der Waals surface area contributed by atoms with Crippen molar-refractivity contribution in [1.29, 1.82) is 0 Å². The number of ether oxygens (including phenoxy) is 1. The van der Waals surface area contributed by atoms with Gasteiger partial charge in [0, 0.05) is 80.0 Å². The van der Waals surface area contributed by atoms with Gasteiger partial charge in [-0.3, -0.25) is 14.5 Å². The van der Waals surface area contributed by atoms with Gasteiger partial charge in [0.25, 0.3) is 11.8 Å². The number of aryl methyl sites for hydroxylation is 1. The van der Waals surface area contributed by atoms with E-state index in [0.29, 0.717) is 22.3 Å². The van der Waals surface area contributed by atoms with E-state index in [1.807, 2.05) is 49.5 Å². The second-order valence-corrected chi connectivity index (χ2v) is 12.6. The predicted octanol–water partition coefficient (Wildman–Crippen LogP) is 6.14. The first-order valence-corrected chi connectivity index (χ1v) is 16.5. The molecule has 0 radical (unpaired) electrons. The lowest BCUT2D eigenvalue weighted by Crippen LogP contribution is -2.45. The summed E-state index contributed by atoms with van der Waals surface area (Å²) in [6.07, 6.45) is 1.80. The Balaban J connectivity index is 0.944. The van der Waals surface area contributed by atoms with Crippen molar-refractivity contribution in [3.8, 4) is 17.0 Å². The Bertz CT molecular complexity index is 1720. The van der Waals surface area contributed by atoms with Crippen LogP contribution in [0.1, 0.15) is 57.5 Å². The van der Waals surface area contributed by atoms with Crippen molar-refractivity contribution >= 4 is 17.6 Å². The van der Waals surface area contributed by atoms with Crippen LogP contribution < -0.4 is 20.3 Å². The largest absolute Gasteiger partial charge is 0.574 e. The summed E-state index contributed by atoms with van der Waals surface area (Å²) in [5.74, 6) is 0.189. The molecule has 2 amide bonds. The van der Waals surface area contributed by atoms with Crippen LogP contribution >= 0.6 is 0 Å². The summed E-state index contributed by atoms with van der Waals surface area (Å²) in [5.41, 5.74) is 4.47. The first-order valence-electron chi connectivity index (χ1n) is 16.5. The average Bonchev–Trinajstić information content (AvgIpc) is 3.10. The van der Waals surface area contributed by atoms with Gasteiger partial charge in [-0.05, 0) is 85.7 Å². The van der Waals surface area contributed by atoms with E-state index in [2.05, 4.69) is 42.3 Å². The van der Waals surface area contributed by atoms with Crippen molar-refractivity contribution in [2.75, 3.05) is 31.1 Å². The highest BCUT2D eigenvalue weighted by Crippen LogP contribution is 2.28. The van der Waals surface area contributed by atoms with E-state index in [-0.39, 0.29) is 23.9 Å². The number of hydrogen-bond donors (Lipinski definition) is 2. The molecule has 2 aromatic carbocycles. The zero-order chi connectivity index (χ0) is 34.4. The minimum Gasteiger partial charge on any atom is -0.388 e. The van der Waals surface area contributed by atoms with Crippen LogP contribution in [0.2, 0.25) is 0 Å². The van der Waals surface area contributed by atoms with Crippen molar-refractivity contribution in [2.45, 2.75) is 57.6 Å². The summed E-state index contributed by atoms with van der Waals surface area (Å²) >= 11 is 0. The fourth-order valence-corrected chi connectivity index (χ4v) is 6.36. The Labute approximate surface area is 283 Å². The maximum absolute atomic E-state index is 13.2. The maximum Gasteiger partial charge on any atom is 0.574 e. The molecule has 12 heteroatoms. The number of nitrogens with one attached hydrogen (secondary N) is 2. The van der Waals surface area contributed by atoms with Crippen LogP contribution in [0, 0.1) is 6.92 Å². The third-order valence-corrected chi connectivity index (χ3v) is 9.10. The van der Waals surface area contributed by atoms with Gasteiger partial charge in [-0.2, -0.15) is 0 Å². The SMILES string of the molecule is Cc1ccc(C(=O)NC2CCN(Cc3ccc(N4CCC(NC(=O)c5ccccc5)CC4)nc3)CC2)cc1-c1ccc(OC(F)(F)F)nc1. The minimum atomic E-state index is -4.81. The number of piperidine rings is 2. The van der Waals surface area contributed by atoms with E-state index in [4.69, 9.17) is 4.98 Å². The van der Waals surface area contributed by atoms with Crippen molar-refractivity contribution < 1.29 is 27.5 Å². The van der Waals surface area contributed by atoms with Crippen LogP contribution in [0.3, 0.4) is 0 Å². The number of benzene rings is 2.